The molecular formula is C17H14N4O3S. The molecule has 1 aliphatic rings. The number of carbonyl (C=O) groups excluding carboxylic acids is 2. The van der Waals surface area contributed by atoms with Gasteiger partial charge in [-0.1, -0.05) is 29.4 Å². The Morgan fingerprint density at radius 3 is 2.68 bits per heavy atom. The molecule has 2 aromatic heterocycles. The zero-order chi connectivity index (χ0) is 17.4. The topological polar surface area (TPSA) is 79.5 Å². The fourth-order valence-electron chi connectivity index (χ4n) is 2.75. The highest BCUT2D eigenvalue weighted by atomic mass is 32.1. The van der Waals surface area contributed by atoms with Crippen molar-refractivity contribution in [1.82, 2.24) is 15.0 Å². The zero-order valence-electron chi connectivity index (χ0n) is 13.3. The molecule has 1 aromatic carbocycles. The van der Waals surface area contributed by atoms with Crippen molar-refractivity contribution in [2.45, 2.75) is 19.5 Å². The molecule has 25 heavy (non-hydrogen) atoms. The highest BCUT2D eigenvalue weighted by Gasteiger charge is 2.43. The van der Waals surface area contributed by atoms with E-state index in [0.29, 0.717) is 11.5 Å². The molecule has 0 unspecified atom stereocenters. The van der Waals surface area contributed by atoms with Crippen molar-refractivity contribution in [2.75, 3.05) is 4.90 Å². The summed E-state index contributed by atoms with van der Waals surface area (Å²) in [5.74, 6) is 0.397. The van der Waals surface area contributed by atoms with Crippen LogP contribution in [0.1, 0.15) is 12.8 Å². The van der Waals surface area contributed by atoms with Gasteiger partial charge < -0.3 is 4.52 Å². The molecule has 7 nitrogen and oxygen atoms in total. The van der Waals surface area contributed by atoms with E-state index in [2.05, 4.69) is 10.1 Å². The Kier molecular flexibility index (Phi) is 3.81. The second-order valence-corrected chi connectivity index (χ2v) is 6.53. The first-order valence-electron chi connectivity index (χ1n) is 7.71. The molecule has 0 aliphatic carbocycles. The number of rotatable bonds is 4. The smallest absolute Gasteiger partial charge is 0.332 e. The minimum absolute atomic E-state index is 0.0380. The van der Waals surface area contributed by atoms with Crippen molar-refractivity contribution >= 4 is 29.0 Å². The standard InChI is InChI=1S/C17H14N4O3S/c1-11-16(22)20(17(23)21(11)12-6-3-2-4-7-12)10-14-18-15(19-24-14)13-8-5-9-25-13/h2-9,11H,10H2,1H3/t11-/m0/s1. The van der Waals surface area contributed by atoms with Crippen LogP contribution in [-0.2, 0) is 11.3 Å². The largest absolute Gasteiger partial charge is 0.337 e. The summed E-state index contributed by atoms with van der Waals surface area (Å²) in [5, 5.41) is 5.82. The molecule has 0 saturated carbocycles. The Labute approximate surface area is 147 Å². The first kappa shape index (κ1) is 15.5. The van der Waals surface area contributed by atoms with E-state index in [1.54, 1.807) is 19.1 Å². The second-order valence-electron chi connectivity index (χ2n) is 5.58. The summed E-state index contributed by atoms with van der Waals surface area (Å²) < 4.78 is 5.20. The SMILES string of the molecule is C[C@H]1C(=O)N(Cc2nc(-c3cccs3)no2)C(=O)N1c1ccccc1. The number of thiophene rings is 1. The third-order valence-corrected chi connectivity index (χ3v) is 4.85. The van der Waals surface area contributed by atoms with Crippen molar-refractivity contribution in [3.05, 3.63) is 53.7 Å². The number of carbonyl (C=O) groups is 2. The quantitative estimate of drug-likeness (QED) is 0.673. The monoisotopic (exact) mass is 354 g/mol. The molecule has 1 aliphatic heterocycles. The van der Waals surface area contributed by atoms with Gasteiger partial charge in [-0.3, -0.25) is 14.6 Å². The summed E-state index contributed by atoms with van der Waals surface area (Å²) in [6.45, 7) is 1.67. The van der Waals surface area contributed by atoms with Crippen molar-refractivity contribution in [2.24, 2.45) is 0 Å². The van der Waals surface area contributed by atoms with E-state index >= 15 is 0 Å². The Hall–Kier alpha value is -3.00. The van der Waals surface area contributed by atoms with Crippen LogP contribution >= 0.6 is 11.3 Å². The lowest BCUT2D eigenvalue weighted by Gasteiger charge is -2.18. The van der Waals surface area contributed by atoms with Gasteiger partial charge in [0.1, 0.15) is 12.6 Å². The fraction of sp³-hybridized carbons (Fsp3) is 0.176. The number of imide groups is 1. The molecule has 3 aromatic rings. The van der Waals surface area contributed by atoms with Crippen molar-refractivity contribution < 1.29 is 14.1 Å². The average Bonchev–Trinajstić information content (AvgIpc) is 3.34. The molecule has 1 saturated heterocycles. The van der Waals surface area contributed by atoms with Gasteiger partial charge >= 0.3 is 6.03 Å². The number of amides is 3. The normalized spacial score (nSPS) is 17.6. The van der Waals surface area contributed by atoms with Gasteiger partial charge in [-0.25, -0.2) is 4.79 Å². The Balaban J connectivity index is 1.57. The van der Waals surface area contributed by atoms with Gasteiger partial charge in [0.05, 0.1) is 4.88 Å². The van der Waals surface area contributed by atoms with Crippen molar-refractivity contribution in [3.63, 3.8) is 0 Å². The molecule has 0 bridgehead atoms. The zero-order valence-corrected chi connectivity index (χ0v) is 14.1. The lowest BCUT2D eigenvalue weighted by molar-refractivity contribution is -0.127. The predicted molar refractivity (Wildman–Crippen MR) is 91.9 cm³/mol. The van der Waals surface area contributed by atoms with E-state index in [1.165, 1.54) is 16.2 Å². The summed E-state index contributed by atoms with van der Waals surface area (Å²) in [6, 6.07) is 11.9. The van der Waals surface area contributed by atoms with Gasteiger partial charge in [0.2, 0.25) is 11.7 Å². The van der Waals surface area contributed by atoms with Crippen LogP contribution in [0.2, 0.25) is 0 Å². The van der Waals surface area contributed by atoms with Gasteiger partial charge in [-0.05, 0) is 30.5 Å². The van der Waals surface area contributed by atoms with Crippen LogP contribution in [0, 0.1) is 0 Å². The number of benzene rings is 1. The molecule has 4 rings (SSSR count). The molecule has 3 amide bonds. The summed E-state index contributed by atoms with van der Waals surface area (Å²) in [6.07, 6.45) is 0. The number of aromatic nitrogens is 2. The van der Waals surface area contributed by atoms with Crippen LogP contribution in [0.4, 0.5) is 10.5 Å². The summed E-state index contributed by atoms with van der Waals surface area (Å²) in [5.41, 5.74) is 0.681. The minimum atomic E-state index is -0.574. The fourth-order valence-corrected chi connectivity index (χ4v) is 3.40. The van der Waals surface area contributed by atoms with Gasteiger partial charge in [-0.2, -0.15) is 4.98 Å². The van der Waals surface area contributed by atoms with Crippen LogP contribution in [0.15, 0.2) is 52.4 Å². The van der Waals surface area contributed by atoms with Crippen molar-refractivity contribution in [3.8, 4) is 10.7 Å². The third kappa shape index (κ3) is 2.70. The molecule has 3 heterocycles. The van der Waals surface area contributed by atoms with Crippen LogP contribution in [0.3, 0.4) is 0 Å². The first-order chi connectivity index (χ1) is 12.1. The maximum absolute atomic E-state index is 12.7. The lowest BCUT2D eigenvalue weighted by Crippen LogP contribution is -2.33. The molecule has 1 atom stereocenters. The predicted octanol–water partition coefficient (Wildman–Crippen LogP) is 3.16. The van der Waals surface area contributed by atoms with Gasteiger partial charge in [-0.15, -0.1) is 11.3 Å². The van der Waals surface area contributed by atoms with Crippen LogP contribution in [0.25, 0.3) is 10.7 Å². The van der Waals surface area contributed by atoms with E-state index in [0.717, 1.165) is 9.78 Å². The summed E-state index contributed by atoms with van der Waals surface area (Å²) in [4.78, 5) is 33.0. The lowest BCUT2D eigenvalue weighted by atomic mass is 10.2. The number of nitrogens with zero attached hydrogens (tertiary/aromatic N) is 4. The average molecular weight is 354 g/mol. The third-order valence-electron chi connectivity index (χ3n) is 3.99. The van der Waals surface area contributed by atoms with Gasteiger partial charge in [0.15, 0.2) is 0 Å². The van der Waals surface area contributed by atoms with E-state index in [9.17, 15) is 9.59 Å². The molecule has 0 radical (unpaired) electrons. The van der Waals surface area contributed by atoms with Gasteiger partial charge in [0, 0.05) is 5.69 Å². The highest BCUT2D eigenvalue weighted by molar-refractivity contribution is 7.13. The number of hydrogen-bond donors (Lipinski definition) is 0. The Bertz CT molecular complexity index is 907. The van der Waals surface area contributed by atoms with E-state index < -0.39 is 6.04 Å². The number of urea groups is 1. The molecule has 1 fully saturated rings. The van der Waals surface area contributed by atoms with Crippen LogP contribution in [-0.4, -0.2) is 33.0 Å². The maximum Gasteiger partial charge on any atom is 0.332 e. The molecular weight excluding hydrogens is 340 g/mol. The first-order valence-corrected chi connectivity index (χ1v) is 8.59. The number of para-hydroxylation sites is 1. The maximum atomic E-state index is 12.7. The number of anilines is 1. The van der Waals surface area contributed by atoms with Crippen LogP contribution in [0.5, 0.6) is 0 Å². The highest BCUT2D eigenvalue weighted by Crippen LogP contribution is 2.27. The Morgan fingerprint density at radius 2 is 1.96 bits per heavy atom. The van der Waals surface area contributed by atoms with Crippen LogP contribution < -0.4 is 4.90 Å². The molecule has 0 N–H and O–H groups in total. The summed E-state index contributed by atoms with van der Waals surface area (Å²) in [7, 11) is 0. The van der Waals surface area contributed by atoms with Gasteiger partial charge in [0.25, 0.3) is 5.91 Å². The van der Waals surface area contributed by atoms with E-state index in [-0.39, 0.29) is 24.4 Å². The minimum Gasteiger partial charge on any atom is -0.337 e. The second kappa shape index (κ2) is 6.14. The summed E-state index contributed by atoms with van der Waals surface area (Å²) >= 11 is 1.49. The Morgan fingerprint density at radius 1 is 1.16 bits per heavy atom. The molecule has 8 heteroatoms. The van der Waals surface area contributed by atoms with E-state index in [4.69, 9.17) is 4.52 Å². The van der Waals surface area contributed by atoms with Crippen molar-refractivity contribution in [1.29, 1.82) is 0 Å². The van der Waals surface area contributed by atoms with E-state index in [1.807, 2.05) is 35.7 Å². The molecule has 126 valence electrons. The molecule has 0 spiro atoms. The number of hydrogen-bond acceptors (Lipinski definition) is 6.